The zero-order valence-electron chi connectivity index (χ0n) is 15.8. The molecule has 1 N–H and O–H groups in total. The molecule has 2 aliphatic rings. The second kappa shape index (κ2) is 7.34. The van der Waals surface area contributed by atoms with Gasteiger partial charge in [-0.1, -0.05) is 18.2 Å². The highest BCUT2D eigenvalue weighted by Gasteiger charge is 2.22. The SMILES string of the molecule is O=C1CCc2cc(-c3cc(CN4CCNCC4)oc3-c3ccncc3)ccc21. The van der Waals surface area contributed by atoms with Gasteiger partial charge in [0.1, 0.15) is 11.5 Å². The highest BCUT2D eigenvalue weighted by atomic mass is 16.3. The number of carbonyl (C=O) groups is 1. The molecule has 0 saturated carbocycles. The fourth-order valence-corrected chi connectivity index (χ4v) is 4.16. The minimum absolute atomic E-state index is 0.252. The molecule has 3 heterocycles. The van der Waals surface area contributed by atoms with Gasteiger partial charge in [0.05, 0.1) is 6.54 Å². The van der Waals surface area contributed by atoms with Gasteiger partial charge in [-0.05, 0) is 35.7 Å². The van der Waals surface area contributed by atoms with Crippen LogP contribution >= 0.6 is 0 Å². The molecule has 0 radical (unpaired) electrons. The van der Waals surface area contributed by atoms with E-state index in [1.165, 1.54) is 0 Å². The highest BCUT2D eigenvalue weighted by molar-refractivity contribution is 6.01. The first-order chi connectivity index (χ1) is 13.8. The number of carbonyl (C=O) groups excluding carboxylic acids is 1. The van der Waals surface area contributed by atoms with Crippen molar-refractivity contribution in [2.24, 2.45) is 0 Å². The van der Waals surface area contributed by atoms with E-state index in [0.29, 0.717) is 6.42 Å². The summed E-state index contributed by atoms with van der Waals surface area (Å²) in [6.45, 7) is 4.90. The molecule has 5 heteroatoms. The number of Topliss-reactive ketones (excluding diaryl/α,β-unsaturated/α-hetero) is 1. The number of hydrogen-bond acceptors (Lipinski definition) is 5. The van der Waals surface area contributed by atoms with Gasteiger partial charge in [0.2, 0.25) is 0 Å². The molecule has 1 aliphatic heterocycles. The number of aromatic nitrogens is 1. The Labute approximate surface area is 164 Å². The normalized spacial score (nSPS) is 17.1. The van der Waals surface area contributed by atoms with Gasteiger partial charge in [-0.25, -0.2) is 0 Å². The van der Waals surface area contributed by atoms with Crippen molar-refractivity contribution in [3.8, 4) is 22.5 Å². The van der Waals surface area contributed by atoms with E-state index in [1.54, 1.807) is 12.4 Å². The van der Waals surface area contributed by atoms with E-state index in [4.69, 9.17) is 4.42 Å². The van der Waals surface area contributed by atoms with Crippen molar-refractivity contribution in [2.45, 2.75) is 19.4 Å². The third-order valence-corrected chi connectivity index (χ3v) is 5.65. The lowest BCUT2D eigenvalue weighted by molar-refractivity contribution is 0.0994. The van der Waals surface area contributed by atoms with E-state index in [0.717, 1.165) is 78.5 Å². The molecule has 1 fully saturated rings. The molecule has 0 unspecified atom stereocenters. The first-order valence-electron chi connectivity index (χ1n) is 9.90. The number of aryl methyl sites for hydroxylation is 1. The van der Waals surface area contributed by atoms with Gasteiger partial charge < -0.3 is 9.73 Å². The Kier molecular flexibility index (Phi) is 4.55. The number of furan rings is 1. The van der Waals surface area contributed by atoms with Gasteiger partial charge in [-0.2, -0.15) is 0 Å². The van der Waals surface area contributed by atoms with Crippen LogP contribution in [0.2, 0.25) is 0 Å². The minimum Gasteiger partial charge on any atom is -0.459 e. The number of piperazine rings is 1. The number of rotatable bonds is 4. The maximum absolute atomic E-state index is 12.0. The zero-order chi connectivity index (χ0) is 18.9. The average Bonchev–Trinajstić information content (AvgIpc) is 3.33. The molecule has 28 heavy (non-hydrogen) atoms. The summed E-state index contributed by atoms with van der Waals surface area (Å²) >= 11 is 0. The average molecular weight is 373 g/mol. The van der Waals surface area contributed by atoms with Crippen molar-refractivity contribution < 1.29 is 9.21 Å². The first kappa shape index (κ1) is 17.3. The Morgan fingerprint density at radius 3 is 2.61 bits per heavy atom. The third-order valence-electron chi connectivity index (χ3n) is 5.65. The lowest BCUT2D eigenvalue weighted by atomic mass is 9.98. The molecule has 0 atom stereocenters. The zero-order valence-corrected chi connectivity index (χ0v) is 15.8. The maximum Gasteiger partial charge on any atom is 0.163 e. The predicted molar refractivity (Wildman–Crippen MR) is 108 cm³/mol. The van der Waals surface area contributed by atoms with Gasteiger partial charge in [0.25, 0.3) is 0 Å². The first-order valence-corrected chi connectivity index (χ1v) is 9.90. The molecular formula is C23H23N3O2. The van der Waals surface area contributed by atoms with Crippen LogP contribution in [-0.4, -0.2) is 41.8 Å². The Balaban J connectivity index is 1.54. The van der Waals surface area contributed by atoms with Crippen LogP contribution in [0.25, 0.3) is 22.5 Å². The molecule has 3 aromatic rings. The van der Waals surface area contributed by atoms with E-state index in [9.17, 15) is 4.79 Å². The molecule has 142 valence electrons. The van der Waals surface area contributed by atoms with E-state index in [-0.39, 0.29) is 5.78 Å². The van der Waals surface area contributed by atoms with Gasteiger partial charge in [0, 0.05) is 61.7 Å². The second-order valence-corrected chi connectivity index (χ2v) is 7.51. The van der Waals surface area contributed by atoms with Crippen molar-refractivity contribution in [1.29, 1.82) is 0 Å². The van der Waals surface area contributed by atoms with Crippen molar-refractivity contribution in [1.82, 2.24) is 15.2 Å². The number of nitrogens with zero attached hydrogens (tertiary/aromatic N) is 2. The lowest BCUT2D eigenvalue weighted by Crippen LogP contribution is -2.42. The standard InChI is InChI=1S/C23H23N3O2/c27-22-4-2-17-13-18(1-3-20(17)22)21-14-19(15-26-11-9-25-10-12-26)28-23(21)16-5-7-24-8-6-16/h1,3,5-8,13-14,25H,2,4,9-12,15H2. The Morgan fingerprint density at radius 1 is 0.964 bits per heavy atom. The smallest absolute Gasteiger partial charge is 0.163 e. The van der Waals surface area contributed by atoms with Gasteiger partial charge in [-0.3, -0.25) is 14.7 Å². The summed E-state index contributed by atoms with van der Waals surface area (Å²) in [5.41, 5.74) is 5.23. The Morgan fingerprint density at radius 2 is 1.79 bits per heavy atom. The number of ketones is 1. The van der Waals surface area contributed by atoms with E-state index in [2.05, 4.69) is 27.3 Å². The second-order valence-electron chi connectivity index (χ2n) is 7.51. The van der Waals surface area contributed by atoms with Crippen LogP contribution in [0.5, 0.6) is 0 Å². The van der Waals surface area contributed by atoms with E-state index >= 15 is 0 Å². The lowest BCUT2D eigenvalue weighted by Gasteiger charge is -2.26. The van der Waals surface area contributed by atoms with Gasteiger partial charge >= 0.3 is 0 Å². The van der Waals surface area contributed by atoms with Crippen LogP contribution in [0, 0.1) is 0 Å². The van der Waals surface area contributed by atoms with Crippen LogP contribution in [-0.2, 0) is 13.0 Å². The van der Waals surface area contributed by atoms with Gasteiger partial charge in [0.15, 0.2) is 5.78 Å². The molecule has 5 rings (SSSR count). The summed E-state index contributed by atoms with van der Waals surface area (Å²) in [5.74, 6) is 2.10. The number of hydrogen-bond donors (Lipinski definition) is 1. The molecule has 2 aromatic heterocycles. The molecular weight excluding hydrogens is 350 g/mol. The third kappa shape index (κ3) is 3.28. The molecule has 1 saturated heterocycles. The van der Waals surface area contributed by atoms with Crippen molar-refractivity contribution >= 4 is 5.78 Å². The van der Waals surface area contributed by atoms with E-state index < -0.39 is 0 Å². The fourth-order valence-electron chi connectivity index (χ4n) is 4.16. The minimum atomic E-state index is 0.252. The van der Waals surface area contributed by atoms with Crippen molar-refractivity contribution in [3.63, 3.8) is 0 Å². The predicted octanol–water partition coefficient (Wildman–Crippen LogP) is 3.54. The molecule has 1 aliphatic carbocycles. The van der Waals surface area contributed by atoms with Crippen LogP contribution in [0.1, 0.15) is 28.1 Å². The molecule has 0 bridgehead atoms. The van der Waals surface area contributed by atoms with Crippen LogP contribution < -0.4 is 5.32 Å². The van der Waals surface area contributed by atoms with Crippen LogP contribution in [0.15, 0.2) is 53.2 Å². The summed E-state index contributed by atoms with van der Waals surface area (Å²) in [4.78, 5) is 18.5. The fraction of sp³-hybridized carbons (Fsp3) is 0.304. The number of pyridine rings is 1. The summed E-state index contributed by atoms with van der Waals surface area (Å²) in [7, 11) is 0. The van der Waals surface area contributed by atoms with Crippen LogP contribution in [0.3, 0.4) is 0 Å². The summed E-state index contributed by atoms with van der Waals surface area (Å²) < 4.78 is 6.34. The molecule has 5 nitrogen and oxygen atoms in total. The van der Waals surface area contributed by atoms with Crippen molar-refractivity contribution in [2.75, 3.05) is 26.2 Å². The maximum atomic E-state index is 12.0. The van der Waals surface area contributed by atoms with Crippen LogP contribution in [0.4, 0.5) is 0 Å². The quantitative estimate of drug-likeness (QED) is 0.758. The summed E-state index contributed by atoms with van der Waals surface area (Å²) in [6, 6.07) is 12.3. The Bertz CT molecular complexity index is 1000. The highest BCUT2D eigenvalue weighted by Crippen LogP contribution is 2.37. The summed E-state index contributed by atoms with van der Waals surface area (Å²) in [6.07, 6.45) is 5.03. The number of nitrogens with one attached hydrogen (secondary N) is 1. The molecule has 1 aromatic carbocycles. The summed E-state index contributed by atoms with van der Waals surface area (Å²) in [5, 5.41) is 3.39. The molecule has 0 spiro atoms. The number of fused-ring (bicyclic) bond motifs is 1. The van der Waals surface area contributed by atoms with E-state index in [1.807, 2.05) is 24.3 Å². The van der Waals surface area contributed by atoms with Crippen molar-refractivity contribution in [3.05, 3.63) is 65.7 Å². The largest absolute Gasteiger partial charge is 0.459 e. The Hall–Kier alpha value is -2.76. The number of benzene rings is 1. The monoisotopic (exact) mass is 373 g/mol. The topological polar surface area (TPSA) is 58.4 Å². The van der Waals surface area contributed by atoms with Gasteiger partial charge in [-0.15, -0.1) is 0 Å². The molecule has 0 amide bonds.